The zero-order valence-electron chi connectivity index (χ0n) is 10.6. The highest BCUT2D eigenvalue weighted by Crippen LogP contribution is 2.22. The van der Waals surface area contributed by atoms with Crippen LogP contribution < -0.4 is 5.32 Å². The van der Waals surface area contributed by atoms with E-state index in [1.807, 2.05) is 37.3 Å². The topological polar surface area (TPSA) is 29.1 Å². The van der Waals surface area contributed by atoms with Crippen LogP contribution in [0.2, 0.25) is 0 Å². The van der Waals surface area contributed by atoms with Crippen molar-refractivity contribution in [1.82, 2.24) is 5.32 Å². The van der Waals surface area contributed by atoms with E-state index in [-0.39, 0.29) is 11.2 Å². The highest BCUT2D eigenvalue weighted by Gasteiger charge is 2.13. The minimum absolute atomic E-state index is 0.0287. The van der Waals surface area contributed by atoms with Crippen LogP contribution in [0.5, 0.6) is 0 Å². The summed E-state index contributed by atoms with van der Waals surface area (Å²) < 4.78 is 0. The zero-order valence-corrected chi connectivity index (χ0v) is 11.4. The summed E-state index contributed by atoms with van der Waals surface area (Å²) >= 11 is 1.60. The summed E-state index contributed by atoms with van der Waals surface area (Å²) in [7, 11) is 0. The predicted molar refractivity (Wildman–Crippen MR) is 74.3 cm³/mol. The molecule has 1 aromatic rings. The molecule has 2 nitrogen and oxygen atoms in total. The minimum atomic E-state index is -0.0287. The van der Waals surface area contributed by atoms with E-state index >= 15 is 0 Å². The second kappa shape index (κ2) is 8.18. The first-order chi connectivity index (χ1) is 8.24. The first-order valence-corrected chi connectivity index (χ1v) is 7.11. The molecule has 1 aromatic carbocycles. The standard InChI is InChI=1S/C14H21NOS/c1-3-4-8-11-15-14(16)12(2)17-13-9-6-5-7-10-13/h5-7,9-10,12H,3-4,8,11H2,1-2H3,(H,15,16). The van der Waals surface area contributed by atoms with Gasteiger partial charge < -0.3 is 5.32 Å². The van der Waals surface area contributed by atoms with Crippen LogP contribution in [-0.2, 0) is 4.79 Å². The maximum atomic E-state index is 11.8. The lowest BCUT2D eigenvalue weighted by Gasteiger charge is -2.11. The predicted octanol–water partition coefficient (Wildman–Crippen LogP) is 3.47. The van der Waals surface area contributed by atoms with Crippen LogP contribution in [0, 0.1) is 0 Å². The van der Waals surface area contributed by atoms with Gasteiger partial charge in [-0.05, 0) is 25.5 Å². The molecule has 1 rings (SSSR count). The molecule has 0 fully saturated rings. The lowest BCUT2D eigenvalue weighted by molar-refractivity contribution is -0.120. The van der Waals surface area contributed by atoms with Crippen molar-refractivity contribution >= 4 is 17.7 Å². The number of unbranched alkanes of at least 4 members (excludes halogenated alkanes) is 2. The molecular formula is C14H21NOS. The molecule has 0 bridgehead atoms. The Morgan fingerprint density at radius 1 is 1.29 bits per heavy atom. The molecule has 1 amide bonds. The van der Waals surface area contributed by atoms with Gasteiger partial charge in [0.2, 0.25) is 5.91 Å². The number of carbonyl (C=O) groups is 1. The summed E-state index contributed by atoms with van der Waals surface area (Å²) in [5.41, 5.74) is 0. The van der Waals surface area contributed by atoms with Crippen molar-refractivity contribution in [2.45, 2.75) is 43.3 Å². The van der Waals surface area contributed by atoms with E-state index in [1.165, 1.54) is 12.8 Å². The second-order valence-corrected chi connectivity index (χ2v) is 5.49. The average Bonchev–Trinajstić information content (AvgIpc) is 2.35. The smallest absolute Gasteiger partial charge is 0.233 e. The Balaban J connectivity index is 2.27. The Morgan fingerprint density at radius 2 is 2.00 bits per heavy atom. The van der Waals surface area contributed by atoms with Crippen LogP contribution in [0.3, 0.4) is 0 Å². The van der Waals surface area contributed by atoms with Gasteiger partial charge in [-0.1, -0.05) is 38.0 Å². The summed E-state index contributed by atoms with van der Waals surface area (Å²) in [6.45, 7) is 4.91. The molecule has 1 N–H and O–H groups in total. The molecule has 0 aliphatic rings. The maximum absolute atomic E-state index is 11.8. The Bertz CT molecular complexity index is 326. The SMILES string of the molecule is CCCCCNC(=O)C(C)Sc1ccccc1. The lowest BCUT2D eigenvalue weighted by Crippen LogP contribution is -2.31. The van der Waals surface area contributed by atoms with Crippen LogP contribution >= 0.6 is 11.8 Å². The summed E-state index contributed by atoms with van der Waals surface area (Å²) in [5, 5.41) is 2.95. The van der Waals surface area contributed by atoms with E-state index in [0.29, 0.717) is 0 Å². The lowest BCUT2D eigenvalue weighted by atomic mass is 10.2. The first-order valence-electron chi connectivity index (χ1n) is 6.23. The number of benzene rings is 1. The van der Waals surface area contributed by atoms with Crippen LogP contribution in [0.1, 0.15) is 33.1 Å². The number of hydrogen-bond donors (Lipinski definition) is 1. The van der Waals surface area contributed by atoms with Crippen molar-refractivity contribution in [3.63, 3.8) is 0 Å². The van der Waals surface area contributed by atoms with Crippen molar-refractivity contribution < 1.29 is 4.79 Å². The second-order valence-electron chi connectivity index (χ2n) is 4.07. The first kappa shape index (κ1) is 14.1. The van der Waals surface area contributed by atoms with E-state index in [9.17, 15) is 4.79 Å². The normalized spacial score (nSPS) is 12.1. The van der Waals surface area contributed by atoms with Gasteiger partial charge in [0.05, 0.1) is 5.25 Å². The van der Waals surface area contributed by atoms with Gasteiger partial charge in [-0.3, -0.25) is 4.79 Å². The van der Waals surface area contributed by atoms with Crippen LogP contribution in [0.4, 0.5) is 0 Å². The molecule has 0 saturated carbocycles. The summed E-state index contributed by atoms with van der Waals surface area (Å²) in [4.78, 5) is 12.9. The molecular weight excluding hydrogens is 230 g/mol. The zero-order chi connectivity index (χ0) is 12.5. The molecule has 1 unspecified atom stereocenters. The van der Waals surface area contributed by atoms with Gasteiger partial charge in [0, 0.05) is 11.4 Å². The van der Waals surface area contributed by atoms with E-state index < -0.39 is 0 Å². The van der Waals surface area contributed by atoms with Crippen molar-refractivity contribution in [2.24, 2.45) is 0 Å². The Kier molecular flexibility index (Phi) is 6.78. The third kappa shape index (κ3) is 5.78. The average molecular weight is 251 g/mol. The molecule has 3 heteroatoms. The number of hydrogen-bond acceptors (Lipinski definition) is 2. The van der Waals surface area contributed by atoms with Gasteiger partial charge in [-0.2, -0.15) is 0 Å². The van der Waals surface area contributed by atoms with Crippen molar-refractivity contribution in [1.29, 1.82) is 0 Å². The summed E-state index contributed by atoms with van der Waals surface area (Å²) in [6.07, 6.45) is 3.44. The monoisotopic (exact) mass is 251 g/mol. The molecule has 17 heavy (non-hydrogen) atoms. The fraction of sp³-hybridized carbons (Fsp3) is 0.500. The molecule has 1 atom stereocenters. The Labute approximate surface area is 108 Å². The molecule has 0 spiro atoms. The number of amides is 1. The van der Waals surface area contributed by atoms with Gasteiger partial charge in [0.15, 0.2) is 0 Å². The Morgan fingerprint density at radius 3 is 2.65 bits per heavy atom. The number of thioether (sulfide) groups is 1. The molecule has 0 heterocycles. The molecule has 0 aromatic heterocycles. The van der Waals surface area contributed by atoms with Crippen LogP contribution in [0.25, 0.3) is 0 Å². The third-order valence-corrected chi connectivity index (χ3v) is 3.62. The fourth-order valence-electron chi connectivity index (χ4n) is 1.49. The largest absolute Gasteiger partial charge is 0.355 e. The van der Waals surface area contributed by atoms with Crippen LogP contribution in [-0.4, -0.2) is 17.7 Å². The third-order valence-electron chi connectivity index (χ3n) is 2.50. The van der Waals surface area contributed by atoms with Gasteiger partial charge in [0.1, 0.15) is 0 Å². The van der Waals surface area contributed by atoms with Crippen molar-refractivity contribution in [2.75, 3.05) is 6.54 Å². The highest BCUT2D eigenvalue weighted by molar-refractivity contribution is 8.00. The van der Waals surface area contributed by atoms with E-state index in [2.05, 4.69) is 12.2 Å². The number of carbonyl (C=O) groups excluding carboxylic acids is 1. The molecule has 0 aliphatic carbocycles. The van der Waals surface area contributed by atoms with E-state index in [0.717, 1.165) is 17.9 Å². The van der Waals surface area contributed by atoms with Gasteiger partial charge in [-0.25, -0.2) is 0 Å². The van der Waals surface area contributed by atoms with Crippen molar-refractivity contribution in [3.8, 4) is 0 Å². The van der Waals surface area contributed by atoms with Gasteiger partial charge in [0.25, 0.3) is 0 Å². The van der Waals surface area contributed by atoms with Gasteiger partial charge in [-0.15, -0.1) is 11.8 Å². The molecule has 94 valence electrons. The quantitative estimate of drug-likeness (QED) is 0.594. The van der Waals surface area contributed by atoms with E-state index in [1.54, 1.807) is 11.8 Å². The molecule has 0 aliphatic heterocycles. The number of rotatable bonds is 7. The summed E-state index contributed by atoms with van der Waals surface area (Å²) in [6, 6.07) is 10.0. The minimum Gasteiger partial charge on any atom is -0.355 e. The number of nitrogens with one attached hydrogen (secondary N) is 1. The molecule has 0 radical (unpaired) electrons. The van der Waals surface area contributed by atoms with Crippen LogP contribution in [0.15, 0.2) is 35.2 Å². The maximum Gasteiger partial charge on any atom is 0.233 e. The van der Waals surface area contributed by atoms with Crippen molar-refractivity contribution in [3.05, 3.63) is 30.3 Å². The summed E-state index contributed by atoms with van der Waals surface area (Å²) in [5.74, 6) is 0.134. The molecule has 0 saturated heterocycles. The van der Waals surface area contributed by atoms with Gasteiger partial charge >= 0.3 is 0 Å². The highest BCUT2D eigenvalue weighted by atomic mass is 32.2. The fourth-order valence-corrected chi connectivity index (χ4v) is 2.40. The Hall–Kier alpha value is -0.960. The van der Waals surface area contributed by atoms with E-state index in [4.69, 9.17) is 0 Å².